The van der Waals surface area contributed by atoms with Crippen LogP contribution in [0.2, 0.25) is 0 Å². The van der Waals surface area contributed by atoms with Crippen molar-refractivity contribution in [2.75, 3.05) is 0 Å². The predicted molar refractivity (Wildman–Crippen MR) is 54.6 cm³/mol. The summed E-state index contributed by atoms with van der Waals surface area (Å²) >= 11 is 1.59. The number of nitrogens with two attached hydrogens (primary N) is 1. The zero-order valence-electron chi connectivity index (χ0n) is 7.05. The van der Waals surface area contributed by atoms with Crippen molar-refractivity contribution in [3.63, 3.8) is 0 Å². The summed E-state index contributed by atoms with van der Waals surface area (Å²) in [7, 11) is 0. The van der Waals surface area contributed by atoms with E-state index in [0.29, 0.717) is 0 Å². The molecule has 0 saturated heterocycles. The van der Waals surface area contributed by atoms with Gasteiger partial charge in [0.05, 0.1) is 6.04 Å². The highest BCUT2D eigenvalue weighted by molar-refractivity contribution is 7.09. The minimum atomic E-state index is -0.0822. The van der Waals surface area contributed by atoms with Crippen LogP contribution in [0.4, 0.5) is 0 Å². The highest BCUT2D eigenvalue weighted by atomic mass is 32.1. The number of nitrogens with zero attached hydrogens (tertiary/aromatic N) is 1. The second kappa shape index (κ2) is 3.68. The minimum absolute atomic E-state index is 0.0822. The molecule has 2 rings (SSSR count). The molecule has 0 saturated carbocycles. The Labute approximate surface area is 81.1 Å². The number of aromatic nitrogens is 1. The molecule has 13 heavy (non-hydrogen) atoms. The Kier molecular flexibility index (Phi) is 2.38. The SMILES string of the molecule is N[C@@H](c1ccccc1)c1nccs1. The van der Waals surface area contributed by atoms with Gasteiger partial charge in [-0.3, -0.25) is 0 Å². The first-order chi connectivity index (χ1) is 6.38. The Morgan fingerprint density at radius 2 is 2.00 bits per heavy atom. The molecule has 0 amide bonds. The molecule has 66 valence electrons. The van der Waals surface area contributed by atoms with E-state index in [1.54, 1.807) is 17.5 Å². The van der Waals surface area contributed by atoms with Crippen molar-refractivity contribution in [3.05, 3.63) is 52.5 Å². The summed E-state index contributed by atoms with van der Waals surface area (Å²) in [6.07, 6.45) is 1.78. The van der Waals surface area contributed by atoms with Gasteiger partial charge in [-0.15, -0.1) is 11.3 Å². The molecule has 0 spiro atoms. The van der Waals surface area contributed by atoms with Gasteiger partial charge in [0.25, 0.3) is 0 Å². The van der Waals surface area contributed by atoms with Gasteiger partial charge in [-0.05, 0) is 5.56 Å². The lowest BCUT2D eigenvalue weighted by Gasteiger charge is -2.07. The van der Waals surface area contributed by atoms with E-state index in [0.717, 1.165) is 10.6 Å². The van der Waals surface area contributed by atoms with Crippen LogP contribution in [0.25, 0.3) is 0 Å². The molecular weight excluding hydrogens is 180 g/mol. The standard InChI is InChI=1S/C10H10N2S/c11-9(10-12-6-7-13-10)8-4-2-1-3-5-8/h1-7,9H,11H2/t9-/m0/s1. The summed E-state index contributed by atoms with van der Waals surface area (Å²) in [4.78, 5) is 4.19. The van der Waals surface area contributed by atoms with Crippen LogP contribution >= 0.6 is 11.3 Å². The van der Waals surface area contributed by atoms with Gasteiger partial charge in [0.15, 0.2) is 0 Å². The monoisotopic (exact) mass is 190 g/mol. The summed E-state index contributed by atoms with van der Waals surface area (Å²) in [5.74, 6) is 0. The maximum Gasteiger partial charge on any atom is 0.114 e. The summed E-state index contributed by atoms with van der Waals surface area (Å²) < 4.78 is 0. The second-order valence-electron chi connectivity index (χ2n) is 2.76. The molecule has 0 unspecified atom stereocenters. The van der Waals surface area contributed by atoms with Gasteiger partial charge in [-0.2, -0.15) is 0 Å². The molecular formula is C10H10N2S. The molecule has 0 fully saturated rings. The van der Waals surface area contributed by atoms with E-state index >= 15 is 0 Å². The smallest absolute Gasteiger partial charge is 0.114 e. The van der Waals surface area contributed by atoms with Crippen LogP contribution in [0.3, 0.4) is 0 Å². The number of hydrogen-bond acceptors (Lipinski definition) is 3. The van der Waals surface area contributed by atoms with Crippen LogP contribution in [-0.4, -0.2) is 4.98 Å². The molecule has 0 bridgehead atoms. The average Bonchev–Trinajstić information content (AvgIpc) is 2.71. The maximum absolute atomic E-state index is 6.01. The number of hydrogen-bond donors (Lipinski definition) is 1. The van der Waals surface area contributed by atoms with Crippen LogP contribution in [0, 0.1) is 0 Å². The van der Waals surface area contributed by atoms with Crippen molar-refractivity contribution in [2.45, 2.75) is 6.04 Å². The third kappa shape index (κ3) is 1.76. The zero-order chi connectivity index (χ0) is 9.10. The van der Waals surface area contributed by atoms with Crippen LogP contribution in [0.15, 0.2) is 41.9 Å². The summed E-state index contributed by atoms with van der Waals surface area (Å²) in [5, 5.41) is 2.91. The van der Waals surface area contributed by atoms with Crippen molar-refractivity contribution >= 4 is 11.3 Å². The summed E-state index contributed by atoms with van der Waals surface area (Å²) in [6.45, 7) is 0. The van der Waals surface area contributed by atoms with Crippen LogP contribution < -0.4 is 5.73 Å². The Hall–Kier alpha value is -1.19. The van der Waals surface area contributed by atoms with Gasteiger partial charge in [0.2, 0.25) is 0 Å². The van der Waals surface area contributed by atoms with E-state index in [2.05, 4.69) is 4.98 Å². The lowest BCUT2D eigenvalue weighted by atomic mass is 10.1. The van der Waals surface area contributed by atoms with Crippen molar-refractivity contribution in [3.8, 4) is 0 Å². The van der Waals surface area contributed by atoms with Crippen molar-refractivity contribution < 1.29 is 0 Å². The van der Waals surface area contributed by atoms with Gasteiger partial charge in [0, 0.05) is 11.6 Å². The van der Waals surface area contributed by atoms with Crippen molar-refractivity contribution in [2.24, 2.45) is 5.73 Å². The van der Waals surface area contributed by atoms with Crippen LogP contribution in [0.1, 0.15) is 16.6 Å². The summed E-state index contributed by atoms with van der Waals surface area (Å²) in [5.41, 5.74) is 7.12. The van der Waals surface area contributed by atoms with Gasteiger partial charge < -0.3 is 5.73 Å². The van der Waals surface area contributed by atoms with E-state index in [4.69, 9.17) is 5.73 Å². The van der Waals surface area contributed by atoms with Crippen molar-refractivity contribution in [1.29, 1.82) is 0 Å². The maximum atomic E-state index is 6.01. The number of benzene rings is 1. The van der Waals surface area contributed by atoms with Gasteiger partial charge in [-0.25, -0.2) is 4.98 Å². The van der Waals surface area contributed by atoms with Gasteiger partial charge in [-0.1, -0.05) is 30.3 Å². The molecule has 0 aliphatic carbocycles. The van der Waals surface area contributed by atoms with E-state index in [1.165, 1.54) is 0 Å². The molecule has 0 radical (unpaired) electrons. The van der Waals surface area contributed by atoms with E-state index < -0.39 is 0 Å². The van der Waals surface area contributed by atoms with Gasteiger partial charge in [0.1, 0.15) is 5.01 Å². The Bertz CT molecular complexity index is 356. The molecule has 2 aromatic rings. The molecule has 1 heterocycles. The summed E-state index contributed by atoms with van der Waals surface area (Å²) in [6, 6.07) is 9.92. The van der Waals surface area contributed by atoms with E-state index in [9.17, 15) is 0 Å². The largest absolute Gasteiger partial charge is 0.318 e. The third-order valence-electron chi connectivity index (χ3n) is 1.88. The highest BCUT2D eigenvalue weighted by Crippen LogP contribution is 2.20. The normalized spacial score (nSPS) is 12.7. The predicted octanol–water partition coefficient (Wildman–Crippen LogP) is 2.19. The van der Waals surface area contributed by atoms with E-state index in [-0.39, 0.29) is 6.04 Å². The number of thiazole rings is 1. The first-order valence-corrected chi connectivity index (χ1v) is 4.96. The molecule has 1 aromatic carbocycles. The first kappa shape index (κ1) is 8.41. The van der Waals surface area contributed by atoms with Crippen molar-refractivity contribution in [1.82, 2.24) is 4.98 Å². The molecule has 2 nitrogen and oxygen atoms in total. The third-order valence-corrected chi connectivity index (χ3v) is 2.73. The van der Waals surface area contributed by atoms with Crippen LogP contribution in [-0.2, 0) is 0 Å². The average molecular weight is 190 g/mol. The fourth-order valence-corrected chi connectivity index (χ4v) is 1.86. The molecule has 0 aliphatic heterocycles. The lowest BCUT2D eigenvalue weighted by molar-refractivity contribution is 0.858. The van der Waals surface area contributed by atoms with E-state index in [1.807, 2.05) is 35.7 Å². The van der Waals surface area contributed by atoms with Gasteiger partial charge >= 0.3 is 0 Å². The second-order valence-corrected chi connectivity index (χ2v) is 3.68. The highest BCUT2D eigenvalue weighted by Gasteiger charge is 2.09. The Morgan fingerprint density at radius 1 is 1.23 bits per heavy atom. The molecule has 3 heteroatoms. The Balaban J connectivity index is 2.29. The molecule has 1 aromatic heterocycles. The first-order valence-electron chi connectivity index (χ1n) is 4.08. The quantitative estimate of drug-likeness (QED) is 0.788. The molecule has 0 aliphatic rings. The fourth-order valence-electron chi connectivity index (χ4n) is 1.19. The molecule has 1 atom stereocenters. The Morgan fingerprint density at radius 3 is 2.62 bits per heavy atom. The van der Waals surface area contributed by atoms with Crippen LogP contribution in [0.5, 0.6) is 0 Å². The fraction of sp³-hybridized carbons (Fsp3) is 0.100. The topological polar surface area (TPSA) is 38.9 Å². The number of rotatable bonds is 2. The minimum Gasteiger partial charge on any atom is -0.318 e. The molecule has 2 N–H and O–H groups in total. The lowest BCUT2D eigenvalue weighted by Crippen LogP contribution is -2.10. The zero-order valence-corrected chi connectivity index (χ0v) is 7.87.